The number of rotatable bonds is 6. The first-order valence-corrected chi connectivity index (χ1v) is 9.18. The van der Waals surface area contributed by atoms with E-state index in [4.69, 9.17) is 5.73 Å². The van der Waals surface area contributed by atoms with Gasteiger partial charge in [-0.05, 0) is 25.3 Å². The second-order valence-corrected chi connectivity index (χ2v) is 7.57. The molecule has 0 aromatic heterocycles. The highest BCUT2D eigenvalue weighted by atomic mass is 79.9. The van der Waals surface area contributed by atoms with Gasteiger partial charge in [-0.15, -0.1) is 0 Å². The topological polar surface area (TPSA) is 72.2 Å². The number of nitrogens with two attached hydrogens (primary N) is 1. The van der Waals surface area contributed by atoms with Crippen LogP contribution in [0.3, 0.4) is 0 Å². The monoisotopic (exact) mass is 370 g/mol. The molecule has 0 aliphatic carbocycles. The second-order valence-electron chi connectivity index (χ2n) is 4.06. The molecule has 0 heterocycles. The number of hydrogen-bond acceptors (Lipinski definition) is 4. The van der Waals surface area contributed by atoms with Crippen LogP contribution in [0.1, 0.15) is 12.5 Å². The first kappa shape index (κ1) is 16.9. The van der Waals surface area contributed by atoms with Gasteiger partial charge < -0.3 is 5.73 Å². The summed E-state index contributed by atoms with van der Waals surface area (Å²) in [7, 11) is -3.89. The zero-order valence-corrected chi connectivity index (χ0v) is 13.8. The average Bonchev–Trinajstić information content (AvgIpc) is 2.31. The highest BCUT2D eigenvalue weighted by Gasteiger charge is 2.23. The summed E-state index contributed by atoms with van der Waals surface area (Å²) >= 11 is 4.67. The van der Waals surface area contributed by atoms with E-state index < -0.39 is 15.8 Å². The Hall–Kier alpha value is -0.150. The SMILES string of the molecule is CSCC(C)NS(=O)(=O)c1cc(Br)cc(CN)c1F. The zero-order valence-electron chi connectivity index (χ0n) is 10.6. The van der Waals surface area contributed by atoms with Gasteiger partial charge in [0.25, 0.3) is 0 Å². The van der Waals surface area contributed by atoms with E-state index in [2.05, 4.69) is 20.7 Å². The number of benzene rings is 1. The molecule has 0 aliphatic heterocycles. The molecule has 1 unspecified atom stereocenters. The van der Waals surface area contributed by atoms with E-state index >= 15 is 0 Å². The third-order valence-corrected chi connectivity index (χ3v) is 5.24. The van der Waals surface area contributed by atoms with Crippen LogP contribution in [0, 0.1) is 5.82 Å². The summed E-state index contributed by atoms with van der Waals surface area (Å²) in [6.45, 7) is 1.67. The van der Waals surface area contributed by atoms with Gasteiger partial charge >= 0.3 is 0 Å². The Morgan fingerprint density at radius 1 is 1.53 bits per heavy atom. The van der Waals surface area contributed by atoms with E-state index in [9.17, 15) is 12.8 Å². The van der Waals surface area contributed by atoms with Crippen LogP contribution in [0.4, 0.5) is 4.39 Å². The summed E-state index contributed by atoms with van der Waals surface area (Å²) in [4.78, 5) is -0.379. The van der Waals surface area contributed by atoms with E-state index in [1.54, 1.807) is 6.92 Å². The molecule has 0 bridgehead atoms. The Balaban J connectivity index is 3.18. The molecule has 0 saturated carbocycles. The van der Waals surface area contributed by atoms with Crippen molar-refractivity contribution in [3.05, 3.63) is 28.0 Å². The minimum Gasteiger partial charge on any atom is -0.326 e. The summed E-state index contributed by atoms with van der Waals surface area (Å²) < 4.78 is 41.3. The molecule has 3 N–H and O–H groups in total. The molecule has 1 aromatic carbocycles. The van der Waals surface area contributed by atoms with Crippen LogP contribution in [-0.4, -0.2) is 26.5 Å². The number of thioether (sulfide) groups is 1. The van der Waals surface area contributed by atoms with Crippen LogP contribution in [0.5, 0.6) is 0 Å². The molecule has 0 saturated heterocycles. The number of hydrogen-bond donors (Lipinski definition) is 2. The smallest absolute Gasteiger partial charge is 0.243 e. The molecule has 4 nitrogen and oxygen atoms in total. The minimum absolute atomic E-state index is 0.0614. The van der Waals surface area contributed by atoms with Crippen LogP contribution in [0.25, 0.3) is 0 Å². The molecule has 19 heavy (non-hydrogen) atoms. The Labute approximate surface area is 125 Å². The normalized spacial score (nSPS) is 13.5. The maximum Gasteiger partial charge on any atom is 0.243 e. The molecule has 0 amide bonds. The summed E-state index contributed by atoms with van der Waals surface area (Å²) in [6, 6.07) is 2.43. The van der Waals surface area contributed by atoms with Crippen molar-refractivity contribution in [3.8, 4) is 0 Å². The van der Waals surface area contributed by atoms with Crippen molar-refractivity contribution in [3.63, 3.8) is 0 Å². The van der Waals surface area contributed by atoms with E-state index in [0.29, 0.717) is 10.2 Å². The quantitative estimate of drug-likeness (QED) is 0.803. The minimum atomic E-state index is -3.89. The lowest BCUT2D eigenvalue weighted by Crippen LogP contribution is -2.34. The van der Waals surface area contributed by atoms with Gasteiger partial charge in [0.05, 0.1) is 0 Å². The van der Waals surface area contributed by atoms with Gasteiger partial charge in [-0.25, -0.2) is 17.5 Å². The Kier molecular flexibility index (Phi) is 6.25. The maximum absolute atomic E-state index is 14.1. The lowest BCUT2D eigenvalue weighted by Gasteiger charge is -2.15. The highest BCUT2D eigenvalue weighted by Crippen LogP contribution is 2.24. The Morgan fingerprint density at radius 2 is 2.16 bits per heavy atom. The molecule has 8 heteroatoms. The van der Waals surface area contributed by atoms with Gasteiger partial charge in [0.1, 0.15) is 10.7 Å². The molecular formula is C11H16BrFN2O2S2. The van der Waals surface area contributed by atoms with Crippen molar-refractivity contribution in [1.29, 1.82) is 0 Å². The number of sulfonamides is 1. The van der Waals surface area contributed by atoms with Crippen molar-refractivity contribution < 1.29 is 12.8 Å². The van der Waals surface area contributed by atoms with Gasteiger partial charge in [-0.3, -0.25) is 0 Å². The molecule has 0 fully saturated rings. The molecule has 1 aromatic rings. The first-order chi connectivity index (χ1) is 8.81. The van der Waals surface area contributed by atoms with Crippen LogP contribution in [0.2, 0.25) is 0 Å². The molecular weight excluding hydrogens is 355 g/mol. The van der Waals surface area contributed by atoms with Crippen LogP contribution in [-0.2, 0) is 16.6 Å². The fourth-order valence-electron chi connectivity index (χ4n) is 1.57. The molecule has 0 spiro atoms. The number of halogens is 2. The largest absolute Gasteiger partial charge is 0.326 e. The standard InChI is InChI=1S/C11H16BrFN2O2S2/c1-7(6-18-2)15-19(16,17)10-4-9(12)3-8(5-14)11(10)13/h3-4,7,15H,5-6,14H2,1-2H3. The first-order valence-electron chi connectivity index (χ1n) is 5.51. The van der Waals surface area contributed by atoms with Crippen molar-refractivity contribution in [2.75, 3.05) is 12.0 Å². The molecule has 0 radical (unpaired) electrons. The van der Waals surface area contributed by atoms with Gasteiger partial charge in [0, 0.05) is 28.4 Å². The molecule has 0 aliphatic rings. The third kappa shape index (κ3) is 4.42. The van der Waals surface area contributed by atoms with E-state index in [0.717, 1.165) is 0 Å². The zero-order chi connectivity index (χ0) is 14.6. The summed E-state index contributed by atoms with van der Waals surface area (Å²) in [5.41, 5.74) is 5.56. The van der Waals surface area contributed by atoms with Gasteiger partial charge in [-0.2, -0.15) is 11.8 Å². The average molecular weight is 371 g/mol. The lowest BCUT2D eigenvalue weighted by molar-refractivity contribution is 0.543. The lowest BCUT2D eigenvalue weighted by atomic mass is 10.2. The predicted octanol–water partition coefficient (Wildman–Crippen LogP) is 2.08. The highest BCUT2D eigenvalue weighted by molar-refractivity contribution is 9.10. The van der Waals surface area contributed by atoms with Crippen molar-refractivity contribution in [1.82, 2.24) is 4.72 Å². The van der Waals surface area contributed by atoms with Gasteiger partial charge in [0.15, 0.2) is 0 Å². The summed E-state index contributed by atoms with van der Waals surface area (Å²) in [5, 5.41) is 0. The summed E-state index contributed by atoms with van der Waals surface area (Å²) in [6.07, 6.45) is 1.87. The Morgan fingerprint density at radius 3 is 2.68 bits per heavy atom. The van der Waals surface area contributed by atoms with Crippen LogP contribution >= 0.6 is 27.7 Å². The van der Waals surface area contributed by atoms with Crippen LogP contribution < -0.4 is 10.5 Å². The van der Waals surface area contributed by atoms with Crippen molar-refractivity contribution >= 4 is 37.7 Å². The number of nitrogens with one attached hydrogen (secondary N) is 1. The fourth-order valence-corrected chi connectivity index (χ4v) is 4.31. The van der Waals surface area contributed by atoms with E-state index in [1.165, 1.54) is 23.9 Å². The fraction of sp³-hybridized carbons (Fsp3) is 0.455. The van der Waals surface area contributed by atoms with Gasteiger partial charge in [-0.1, -0.05) is 15.9 Å². The molecule has 1 atom stereocenters. The van der Waals surface area contributed by atoms with E-state index in [1.807, 2.05) is 6.26 Å². The Bertz CT molecular complexity index is 552. The third-order valence-electron chi connectivity index (χ3n) is 2.36. The second kappa shape index (κ2) is 7.03. The van der Waals surface area contributed by atoms with Crippen LogP contribution in [0.15, 0.2) is 21.5 Å². The predicted molar refractivity (Wildman–Crippen MR) is 80.2 cm³/mol. The van der Waals surface area contributed by atoms with Gasteiger partial charge in [0.2, 0.25) is 10.0 Å². The van der Waals surface area contributed by atoms with E-state index in [-0.39, 0.29) is 23.0 Å². The maximum atomic E-state index is 14.1. The molecule has 108 valence electrons. The van der Waals surface area contributed by atoms with Crippen molar-refractivity contribution in [2.45, 2.75) is 24.4 Å². The molecule has 1 rings (SSSR count). The summed E-state index contributed by atoms with van der Waals surface area (Å²) in [5.74, 6) is -0.187. The van der Waals surface area contributed by atoms with Crippen molar-refractivity contribution in [2.24, 2.45) is 5.73 Å².